The molecule has 3 aromatic rings. The molecule has 2 aromatic carbocycles. The summed E-state index contributed by atoms with van der Waals surface area (Å²) in [4.78, 5) is 25.3. The number of carbonyl (C=O) groups is 1. The van der Waals surface area contributed by atoms with E-state index in [0.29, 0.717) is 17.0 Å². The number of carbonyl (C=O) groups excluding carboxylic acids is 1. The summed E-state index contributed by atoms with van der Waals surface area (Å²) in [6, 6.07) is 12.2. The summed E-state index contributed by atoms with van der Waals surface area (Å²) in [6.07, 6.45) is -3.12. The largest absolute Gasteiger partial charge is 0.497 e. The lowest BCUT2D eigenvalue weighted by atomic mass is 10.1. The molecule has 0 spiro atoms. The van der Waals surface area contributed by atoms with Crippen molar-refractivity contribution in [3.63, 3.8) is 0 Å². The normalized spacial score (nSPS) is 11.2. The molecule has 0 radical (unpaired) electrons. The number of halogens is 4. The van der Waals surface area contributed by atoms with E-state index in [1.165, 1.54) is 36.1 Å². The van der Waals surface area contributed by atoms with Crippen LogP contribution in [0, 0.1) is 0 Å². The van der Waals surface area contributed by atoms with Gasteiger partial charge in [0.25, 0.3) is 11.5 Å². The van der Waals surface area contributed by atoms with E-state index in [2.05, 4.69) is 5.32 Å². The van der Waals surface area contributed by atoms with Gasteiger partial charge in [-0.15, -0.1) is 0 Å². The third-order valence-electron chi connectivity index (χ3n) is 4.28. The predicted molar refractivity (Wildman–Crippen MR) is 107 cm³/mol. The monoisotopic (exact) mass is 436 g/mol. The van der Waals surface area contributed by atoms with Crippen LogP contribution >= 0.6 is 11.6 Å². The highest BCUT2D eigenvalue weighted by atomic mass is 35.5. The van der Waals surface area contributed by atoms with Crippen molar-refractivity contribution in [1.82, 2.24) is 4.57 Å². The van der Waals surface area contributed by atoms with Gasteiger partial charge in [-0.25, -0.2) is 0 Å². The molecule has 0 aliphatic heterocycles. The second kappa shape index (κ2) is 8.62. The molecular formula is C21H16ClF3N2O3. The highest BCUT2D eigenvalue weighted by Gasteiger charge is 2.29. The predicted octanol–water partition coefficient (Wildman–Crippen LogP) is 4.83. The van der Waals surface area contributed by atoms with Gasteiger partial charge in [0.1, 0.15) is 11.3 Å². The van der Waals surface area contributed by atoms with Crippen molar-refractivity contribution >= 4 is 23.2 Å². The molecule has 1 heterocycles. The van der Waals surface area contributed by atoms with Crippen molar-refractivity contribution in [2.45, 2.75) is 12.7 Å². The second-order valence-electron chi connectivity index (χ2n) is 6.38. The smallest absolute Gasteiger partial charge is 0.416 e. The van der Waals surface area contributed by atoms with Gasteiger partial charge in [0.2, 0.25) is 0 Å². The number of aromatic nitrogens is 1. The number of amides is 1. The zero-order chi connectivity index (χ0) is 21.9. The number of methoxy groups -OCH3 is 1. The summed E-state index contributed by atoms with van der Waals surface area (Å²) in [5.41, 5.74) is -0.692. The second-order valence-corrected chi connectivity index (χ2v) is 6.82. The van der Waals surface area contributed by atoms with Gasteiger partial charge in [0.15, 0.2) is 0 Å². The first kappa shape index (κ1) is 21.4. The fourth-order valence-electron chi connectivity index (χ4n) is 2.75. The van der Waals surface area contributed by atoms with Gasteiger partial charge in [0.05, 0.1) is 24.2 Å². The van der Waals surface area contributed by atoms with Crippen LogP contribution in [0.5, 0.6) is 5.75 Å². The third-order valence-corrected chi connectivity index (χ3v) is 4.49. The number of rotatable bonds is 5. The fourth-order valence-corrected chi connectivity index (χ4v) is 2.97. The van der Waals surface area contributed by atoms with Gasteiger partial charge in [0, 0.05) is 11.9 Å². The third kappa shape index (κ3) is 5.01. The Hall–Kier alpha value is -3.26. The molecule has 0 saturated carbocycles. The molecule has 1 N–H and O–H groups in total. The van der Waals surface area contributed by atoms with Crippen LogP contribution in [0.4, 0.5) is 18.9 Å². The topological polar surface area (TPSA) is 60.3 Å². The zero-order valence-corrected chi connectivity index (χ0v) is 16.4. The van der Waals surface area contributed by atoms with Crippen molar-refractivity contribution in [3.05, 3.63) is 92.9 Å². The van der Waals surface area contributed by atoms with Crippen molar-refractivity contribution in [2.24, 2.45) is 0 Å². The maximum atomic E-state index is 12.7. The van der Waals surface area contributed by atoms with Gasteiger partial charge in [-0.2, -0.15) is 13.2 Å². The van der Waals surface area contributed by atoms with Crippen molar-refractivity contribution in [3.8, 4) is 5.75 Å². The number of alkyl halides is 3. The summed E-state index contributed by atoms with van der Waals surface area (Å²) in [6.45, 7) is -0.0413. The Labute approximate surface area is 174 Å². The Balaban J connectivity index is 1.84. The molecule has 0 saturated heterocycles. The lowest BCUT2D eigenvalue weighted by molar-refractivity contribution is -0.137. The number of ether oxygens (including phenoxy) is 1. The Morgan fingerprint density at radius 2 is 1.73 bits per heavy atom. The average molecular weight is 437 g/mol. The molecule has 5 nitrogen and oxygen atoms in total. The quantitative estimate of drug-likeness (QED) is 0.623. The minimum absolute atomic E-state index is 0.0413. The minimum Gasteiger partial charge on any atom is -0.497 e. The van der Waals surface area contributed by atoms with Crippen LogP contribution in [0.1, 0.15) is 21.5 Å². The van der Waals surface area contributed by atoms with Gasteiger partial charge in [-0.05, 0) is 48.0 Å². The Morgan fingerprint density at radius 3 is 2.30 bits per heavy atom. The van der Waals surface area contributed by atoms with Gasteiger partial charge >= 0.3 is 6.18 Å². The van der Waals surface area contributed by atoms with Crippen LogP contribution in [-0.2, 0) is 12.7 Å². The SMILES string of the molecule is COc1ccc(NC(=O)c2cc(Cl)cn(Cc3ccc(C(F)(F)F)cc3)c2=O)cc1. The summed E-state index contributed by atoms with van der Waals surface area (Å²) in [7, 11) is 1.51. The van der Waals surface area contributed by atoms with Crippen molar-refractivity contribution < 1.29 is 22.7 Å². The molecule has 0 atom stereocenters. The number of hydrogen-bond acceptors (Lipinski definition) is 3. The Morgan fingerprint density at radius 1 is 1.10 bits per heavy atom. The number of nitrogens with zero attached hydrogens (tertiary/aromatic N) is 1. The number of nitrogens with one attached hydrogen (secondary N) is 1. The molecule has 0 bridgehead atoms. The molecule has 0 fully saturated rings. The van der Waals surface area contributed by atoms with E-state index >= 15 is 0 Å². The standard InChI is InChI=1S/C21H16ClF3N2O3/c1-30-17-8-6-16(7-9-17)26-19(28)18-10-15(22)12-27(20(18)29)11-13-2-4-14(5-3-13)21(23,24)25/h2-10,12H,11H2,1H3,(H,26,28). The maximum absolute atomic E-state index is 12.7. The molecule has 9 heteroatoms. The van der Waals surface area contributed by atoms with Gasteiger partial charge in [-0.1, -0.05) is 23.7 Å². The summed E-state index contributed by atoms with van der Waals surface area (Å²) in [5.74, 6) is -0.0523. The molecular weight excluding hydrogens is 421 g/mol. The van der Waals surface area contributed by atoms with Gasteiger partial charge in [-0.3, -0.25) is 9.59 Å². The van der Waals surface area contributed by atoms with E-state index in [1.807, 2.05) is 0 Å². The number of hydrogen-bond donors (Lipinski definition) is 1. The van der Waals surface area contributed by atoms with Crippen LogP contribution in [0.3, 0.4) is 0 Å². The van der Waals surface area contributed by atoms with E-state index < -0.39 is 23.2 Å². The highest BCUT2D eigenvalue weighted by Crippen LogP contribution is 2.29. The summed E-state index contributed by atoms with van der Waals surface area (Å²) >= 11 is 6.05. The molecule has 1 aromatic heterocycles. The zero-order valence-electron chi connectivity index (χ0n) is 15.7. The van der Waals surface area contributed by atoms with E-state index in [1.54, 1.807) is 24.3 Å². The van der Waals surface area contributed by atoms with E-state index in [9.17, 15) is 22.8 Å². The van der Waals surface area contributed by atoms with Crippen molar-refractivity contribution in [2.75, 3.05) is 12.4 Å². The first-order valence-electron chi connectivity index (χ1n) is 8.69. The average Bonchev–Trinajstić information content (AvgIpc) is 2.70. The Kier molecular flexibility index (Phi) is 6.17. The van der Waals surface area contributed by atoms with Gasteiger partial charge < -0.3 is 14.6 Å². The first-order valence-corrected chi connectivity index (χ1v) is 9.06. The number of benzene rings is 2. The van der Waals surface area contributed by atoms with Crippen LogP contribution in [-0.4, -0.2) is 17.6 Å². The molecule has 0 aliphatic rings. The van der Waals surface area contributed by atoms with Crippen LogP contribution < -0.4 is 15.6 Å². The van der Waals surface area contributed by atoms with Crippen LogP contribution in [0.15, 0.2) is 65.6 Å². The van der Waals surface area contributed by atoms with Crippen LogP contribution in [0.25, 0.3) is 0 Å². The first-order chi connectivity index (χ1) is 14.2. The van der Waals surface area contributed by atoms with E-state index in [4.69, 9.17) is 16.3 Å². The molecule has 1 amide bonds. The minimum atomic E-state index is -4.45. The number of anilines is 1. The molecule has 0 unspecified atom stereocenters. The summed E-state index contributed by atoms with van der Waals surface area (Å²) in [5, 5.41) is 2.74. The fraction of sp³-hybridized carbons (Fsp3) is 0.143. The highest BCUT2D eigenvalue weighted by molar-refractivity contribution is 6.30. The van der Waals surface area contributed by atoms with E-state index in [0.717, 1.165) is 12.1 Å². The van der Waals surface area contributed by atoms with Crippen molar-refractivity contribution in [1.29, 1.82) is 0 Å². The number of pyridine rings is 1. The summed E-state index contributed by atoms with van der Waals surface area (Å²) < 4.78 is 44.3. The molecule has 3 rings (SSSR count). The molecule has 30 heavy (non-hydrogen) atoms. The molecule has 156 valence electrons. The lowest BCUT2D eigenvalue weighted by Gasteiger charge is -2.11. The Bertz CT molecular complexity index is 1110. The molecule has 0 aliphatic carbocycles. The van der Waals surface area contributed by atoms with Crippen LogP contribution in [0.2, 0.25) is 5.02 Å². The van der Waals surface area contributed by atoms with E-state index in [-0.39, 0.29) is 17.1 Å². The maximum Gasteiger partial charge on any atom is 0.416 e. The lowest BCUT2D eigenvalue weighted by Crippen LogP contribution is -2.29.